The maximum Gasteiger partial charge on any atom is 0.228 e. The third-order valence-electron chi connectivity index (χ3n) is 5.12. The summed E-state index contributed by atoms with van der Waals surface area (Å²) in [4.78, 5) is 13.8. The summed E-state index contributed by atoms with van der Waals surface area (Å²) >= 11 is 7.82. The van der Waals surface area contributed by atoms with Gasteiger partial charge in [-0.25, -0.2) is 8.78 Å². The molecule has 4 aromatic carbocycles. The minimum atomic E-state index is -0.961. The van der Waals surface area contributed by atoms with Crippen molar-refractivity contribution in [2.75, 3.05) is 11.1 Å². The van der Waals surface area contributed by atoms with Gasteiger partial charge in [0.15, 0.2) is 11.6 Å². The largest absolute Gasteiger partial charge is 0.457 e. The summed E-state index contributed by atoms with van der Waals surface area (Å²) in [5.41, 5.74) is 2.38. The molecule has 1 amide bonds. The van der Waals surface area contributed by atoms with E-state index < -0.39 is 11.6 Å². The van der Waals surface area contributed by atoms with E-state index in [1.165, 1.54) is 6.07 Å². The quantitative estimate of drug-likeness (QED) is 0.242. The van der Waals surface area contributed by atoms with Crippen LogP contribution in [0, 0.1) is 11.6 Å². The van der Waals surface area contributed by atoms with Crippen LogP contribution in [0.2, 0.25) is 5.02 Å². The number of amides is 1. The van der Waals surface area contributed by atoms with Crippen molar-refractivity contribution in [2.24, 2.45) is 0 Å². The van der Waals surface area contributed by atoms with Gasteiger partial charge in [-0.2, -0.15) is 0 Å². The fourth-order valence-electron chi connectivity index (χ4n) is 3.50. The Morgan fingerprint density at radius 1 is 0.943 bits per heavy atom. The van der Waals surface area contributed by atoms with Crippen LogP contribution in [0.1, 0.15) is 12.5 Å². The van der Waals surface area contributed by atoms with Crippen LogP contribution in [-0.2, 0) is 11.2 Å². The van der Waals surface area contributed by atoms with Crippen LogP contribution in [0.25, 0.3) is 11.1 Å². The van der Waals surface area contributed by atoms with Gasteiger partial charge in [-0.15, -0.1) is 11.8 Å². The Morgan fingerprint density at radius 3 is 2.46 bits per heavy atom. The maximum absolute atomic E-state index is 13.9. The van der Waals surface area contributed by atoms with E-state index in [1.807, 2.05) is 24.3 Å². The van der Waals surface area contributed by atoms with E-state index in [0.717, 1.165) is 28.3 Å². The summed E-state index contributed by atoms with van der Waals surface area (Å²) in [5.74, 6) is -0.268. The molecule has 0 aromatic heterocycles. The van der Waals surface area contributed by atoms with E-state index in [9.17, 15) is 13.6 Å². The predicted octanol–water partition coefficient (Wildman–Crippen LogP) is 8.37. The molecule has 0 unspecified atom stereocenters. The number of carbonyl (C=O) groups excluding carboxylic acids is 1. The molecule has 0 aliphatic carbocycles. The van der Waals surface area contributed by atoms with Gasteiger partial charge < -0.3 is 10.1 Å². The van der Waals surface area contributed by atoms with Gasteiger partial charge in [-0.05, 0) is 71.5 Å². The number of carbonyl (C=O) groups is 1. The van der Waals surface area contributed by atoms with E-state index in [0.29, 0.717) is 33.3 Å². The Bertz CT molecular complexity index is 1350. The molecule has 35 heavy (non-hydrogen) atoms. The first-order chi connectivity index (χ1) is 16.9. The Labute approximate surface area is 212 Å². The molecule has 3 nitrogen and oxygen atoms in total. The van der Waals surface area contributed by atoms with Gasteiger partial charge in [0.1, 0.15) is 11.5 Å². The molecule has 4 aromatic rings. The molecule has 0 fully saturated rings. The Hall–Kier alpha value is -3.35. The number of ether oxygens (including phenoxy) is 1. The number of thioether (sulfide) groups is 1. The van der Waals surface area contributed by atoms with Crippen LogP contribution in [0.4, 0.5) is 14.5 Å². The van der Waals surface area contributed by atoms with Gasteiger partial charge in [0.2, 0.25) is 5.91 Å². The zero-order valence-corrected chi connectivity index (χ0v) is 20.4. The van der Waals surface area contributed by atoms with E-state index in [4.69, 9.17) is 16.3 Å². The summed E-state index contributed by atoms with van der Waals surface area (Å²) < 4.78 is 33.4. The zero-order valence-electron chi connectivity index (χ0n) is 18.9. The second kappa shape index (κ2) is 11.4. The van der Waals surface area contributed by atoms with E-state index in [-0.39, 0.29) is 12.3 Å². The van der Waals surface area contributed by atoms with Crippen LogP contribution in [0.3, 0.4) is 0 Å². The second-order valence-corrected chi connectivity index (χ2v) is 9.48. The van der Waals surface area contributed by atoms with Gasteiger partial charge in [-0.3, -0.25) is 4.79 Å². The minimum absolute atomic E-state index is 0.185. The molecule has 0 heterocycles. The third-order valence-corrected chi connectivity index (χ3v) is 6.25. The fourth-order valence-corrected chi connectivity index (χ4v) is 4.35. The van der Waals surface area contributed by atoms with Crippen molar-refractivity contribution in [3.8, 4) is 22.6 Å². The first-order valence-electron chi connectivity index (χ1n) is 11.0. The lowest BCUT2D eigenvalue weighted by Gasteiger charge is -2.15. The maximum atomic E-state index is 13.9. The monoisotopic (exact) mass is 509 g/mol. The fraction of sp³-hybridized carbons (Fsp3) is 0.107. The smallest absolute Gasteiger partial charge is 0.228 e. The van der Waals surface area contributed by atoms with Gasteiger partial charge >= 0.3 is 0 Å². The average Bonchev–Trinajstić information content (AvgIpc) is 2.83. The summed E-state index contributed by atoms with van der Waals surface area (Å²) in [6.07, 6.45) is 0.215. The van der Waals surface area contributed by atoms with Gasteiger partial charge in [-0.1, -0.05) is 42.8 Å². The number of halogens is 3. The van der Waals surface area contributed by atoms with Gasteiger partial charge in [0.25, 0.3) is 0 Å². The van der Waals surface area contributed by atoms with Crippen LogP contribution >= 0.6 is 23.4 Å². The second-order valence-electron chi connectivity index (χ2n) is 7.70. The molecular weight excluding hydrogens is 488 g/mol. The van der Waals surface area contributed by atoms with Crippen molar-refractivity contribution in [1.29, 1.82) is 0 Å². The molecule has 0 aliphatic heterocycles. The molecule has 0 saturated carbocycles. The highest BCUT2D eigenvalue weighted by atomic mass is 35.5. The highest BCUT2D eigenvalue weighted by molar-refractivity contribution is 7.99. The van der Waals surface area contributed by atoms with E-state index in [1.54, 1.807) is 54.2 Å². The third kappa shape index (κ3) is 6.62. The Kier molecular flexibility index (Phi) is 8.06. The highest BCUT2D eigenvalue weighted by Crippen LogP contribution is 2.37. The zero-order chi connectivity index (χ0) is 24.8. The first kappa shape index (κ1) is 24.8. The Morgan fingerprint density at radius 2 is 1.74 bits per heavy atom. The van der Waals surface area contributed by atoms with Gasteiger partial charge in [0, 0.05) is 27.2 Å². The molecule has 0 radical (unpaired) electrons. The molecular formula is C28H22ClF2NO2S. The lowest BCUT2D eigenvalue weighted by atomic mass is 10.0. The van der Waals surface area contributed by atoms with Crippen LogP contribution in [0.15, 0.2) is 89.8 Å². The van der Waals surface area contributed by atoms with Crippen molar-refractivity contribution in [2.45, 2.75) is 18.2 Å². The molecule has 178 valence electrons. The van der Waals surface area contributed by atoms with Crippen LogP contribution in [-0.4, -0.2) is 11.7 Å². The molecule has 7 heteroatoms. The van der Waals surface area contributed by atoms with Crippen molar-refractivity contribution in [3.05, 3.63) is 107 Å². The van der Waals surface area contributed by atoms with E-state index in [2.05, 4.69) is 12.2 Å². The SMILES string of the molecule is CCSc1ccc(CC(=O)Nc2ccc(-c3ccc(F)c(F)c3)c(Oc3cccc(Cl)c3)c2)cc1. The lowest BCUT2D eigenvalue weighted by molar-refractivity contribution is -0.115. The molecule has 0 spiro atoms. The predicted molar refractivity (Wildman–Crippen MR) is 138 cm³/mol. The summed E-state index contributed by atoms with van der Waals surface area (Å²) in [6, 6.07) is 23.4. The highest BCUT2D eigenvalue weighted by Gasteiger charge is 2.14. The standard InChI is InChI=1S/C28H22ClF2NO2S/c1-2-35-23-10-6-18(7-11-23)14-28(33)32-21-9-12-24(19-8-13-25(30)26(31)15-19)27(17-21)34-22-5-3-4-20(29)16-22/h3-13,15-17H,2,14H2,1H3,(H,32,33). The number of anilines is 1. The van der Waals surface area contributed by atoms with Gasteiger partial charge in [0.05, 0.1) is 6.42 Å². The van der Waals surface area contributed by atoms with E-state index >= 15 is 0 Å². The molecule has 0 saturated heterocycles. The average molecular weight is 510 g/mol. The van der Waals surface area contributed by atoms with Crippen molar-refractivity contribution >= 4 is 35.0 Å². The minimum Gasteiger partial charge on any atom is -0.457 e. The molecule has 0 atom stereocenters. The number of hydrogen-bond donors (Lipinski definition) is 1. The molecule has 0 aliphatic rings. The van der Waals surface area contributed by atoms with Crippen molar-refractivity contribution in [1.82, 2.24) is 0 Å². The van der Waals surface area contributed by atoms with Crippen LogP contribution < -0.4 is 10.1 Å². The Balaban J connectivity index is 1.59. The summed E-state index contributed by atoms with van der Waals surface area (Å²) in [6.45, 7) is 2.09. The normalized spacial score (nSPS) is 10.7. The molecule has 4 rings (SSSR count). The molecule has 0 bridgehead atoms. The first-order valence-corrected chi connectivity index (χ1v) is 12.3. The number of benzene rings is 4. The number of hydrogen-bond acceptors (Lipinski definition) is 3. The summed E-state index contributed by atoms with van der Waals surface area (Å²) in [5, 5.41) is 3.37. The topological polar surface area (TPSA) is 38.3 Å². The van der Waals surface area contributed by atoms with Crippen LogP contribution in [0.5, 0.6) is 11.5 Å². The summed E-state index contributed by atoms with van der Waals surface area (Å²) in [7, 11) is 0. The lowest BCUT2D eigenvalue weighted by Crippen LogP contribution is -2.14. The molecule has 1 N–H and O–H groups in total. The van der Waals surface area contributed by atoms with Crippen molar-refractivity contribution in [3.63, 3.8) is 0 Å². The number of nitrogens with one attached hydrogen (secondary N) is 1. The van der Waals surface area contributed by atoms with Crippen molar-refractivity contribution < 1.29 is 18.3 Å². The number of rotatable bonds is 8.